The van der Waals surface area contributed by atoms with E-state index in [0.717, 1.165) is 11.1 Å². The van der Waals surface area contributed by atoms with Crippen molar-refractivity contribution in [2.75, 3.05) is 39.1 Å². The van der Waals surface area contributed by atoms with Crippen molar-refractivity contribution in [3.8, 4) is 23.0 Å². The Kier molecular flexibility index (Phi) is 8.77. The Balaban J connectivity index is 1.78. The number of methoxy groups -OCH3 is 4. The second-order valence-corrected chi connectivity index (χ2v) is 8.25. The summed E-state index contributed by atoms with van der Waals surface area (Å²) in [6.07, 6.45) is 0.351. The summed E-state index contributed by atoms with van der Waals surface area (Å²) in [5, 5.41) is 10.8. The fraction of sp³-hybridized carbons (Fsp3) is 0.400. The number of carbonyl (C=O) groups excluding carboxylic acids is 1. The van der Waals surface area contributed by atoms with Gasteiger partial charge in [0.25, 0.3) is 0 Å². The Morgan fingerprint density at radius 2 is 1.34 bits per heavy atom. The Bertz CT molecular complexity index is 1150. The van der Waals surface area contributed by atoms with Gasteiger partial charge in [-0.25, -0.2) is 0 Å². The minimum absolute atomic E-state index is 0.138. The molecular formula is C25H33N5O5. The van der Waals surface area contributed by atoms with Gasteiger partial charge in [-0.15, -0.1) is 5.10 Å². The molecule has 2 N–H and O–H groups in total. The van der Waals surface area contributed by atoms with E-state index in [2.05, 4.69) is 20.7 Å². The summed E-state index contributed by atoms with van der Waals surface area (Å²) < 4.78 is 22.6. The molecule has 0 saturated heterocycles. The summed E-state index contributed by atoms with van der Waals surface area (Å²) in [4.78, 5) is 17.4. The van der Waals surface area contributed by atoms with Crippen LogP contribution in [0.25, 0.3) is 0 Å². The van der Waals surface area contributed by atoms with Gasteiger partial charge in [0.2, 0.25) is 17.8 Å². The van der Waals surface area contributed by atoms with Gasteiger partial charge in [-0.05, 0) is 41.3 Å². The Morgan fingerprint density at radius 3 is 1.83 bits per heavy atom. The van der Waals surface area contributed by atoms with Crippen molar-refractivity contribution in [1.29, 1.82) is 0 Å². The maximum Gasteiger partial charge on any atom is 0.250 e. The van der Waals surface area contributed by atoms with E-state index in [4.69, 9.17) is 18.9 Å². The fourth-order valence-electron chi connectivity index (χ4n) is 3.45. The quantitative estimate of drug-likeness (QED) is 0.391. The van der Waals surface area contributed by atoms with E-state index in [-0.39, 0.29) is 11.8 Å². The third-order valence-electron chi connectivity index (χ3n) is 5.22. The number of nitrogens with one attached hydrogen (secondary N) is 2. The Labute approximate surface area is 205 Å². The van der Waals surface area contributed by atoms with Crippen molar-refractivity contribution in [2.24, 2.45) is 5.92 Å². The van der Waals surface area contributed by atoms with Crippen LogP contribution in [0.5, 0.6) is 23.0 Å². The molecule has 0 atom stereocenters. The standard InChI is InChI=1S/C25H33N5O5/c1-16(2)11-23(31)30-25(27-15-18-8-10-20(33-4)22(13-18)35-6)28-24(29-30)26-14-17-7-9-19(32-3)21(12-17)34-5/h7-10,12-13,16H,11,14-15H2,1-6H3,(H2,26,27,28,29). The predicted molar refractivity (Wildman–Crippen MR) is 134 cm³/mol. The molecule has 0 unspecified atom stereocenters. The first-order valence-electron chi connectivity index (χ1n) is 11.3. The molecule has 2 aromatic carbocycles. The van der Waals surface area contributed by atoms with Crippen LogP contribution < -0.4 is 29.6 Å². The molecule has 0 radical (unpaired) electrons. The van der Waals surface area contributed by atoms with Crippen molar-refractivity contribution in [3.05, 3.63) is 47.5 Å². The van der Waals surface area contributed by atoms with Crippen molar-refractivity contribution in [1.82, 2.24) is 14.8 Å². The third kappa shape index (κ3) is 6.56. The fourth-order valence-corrected chi connectivity index (χ4v) is 3.45. The van der Waals surface area contributed by atoms with Gasteiger partial charge in [-0.2, -0.15) is 9.67 Å². The number of anilines is 2. The molecule has 188 valence electrons. The third-order valence-corrected chi connectivity index (χ3v) is 5.22. The van der Waals surface area contributed by atoms with E-state index in [1.807, 2.05) is 50.2 Å². The molecule has 10 heteroatoms. The molecule has 0 aliphatic rings. The largest absolute Gasteiger partial charge is 0.493 e. The van der Waals surface area contributed by atoms with Crippen LogP contribution in [0.2, 0.25) is 0 Å². The zero-order valence-electron chi connectivity index (χ0n) is 21.0. The van der Waals surface area contributed by atoms with E-state index >= 15 is 0 Å². The van der Waals surface area contributed by atoms with E-state index in [1.54, 1.807) is 28.4 Å². The molecule has 0 amide bonds. The molecule has 0 spiro atoms. The monoisotopic (exact) mass is 483 g/mol. The Morgan fingerprint density at radius 1 is 0.829 bits per heavy atom. The first kappa shape index (κ1) is 25.7. The normalized spacial score (nSPS) is 10.7. The lowest BCUT2D eigenvalue weighted by atomic mass is 10.1. The number of hydrogen-bond donors (Lipinski definition) is 2. The van der Waals surface area contributed by atoms with Crippen LogP contribution in [0.1, 0.15) is 36.2 Å². The maximum atomic E-state index is 12.8. The van der Waals surface area contributed by atoms with Gasteiger partial charge in [-0.1, -0.05) is 26.0 Å². The van der Waals surface area contributed by atoms with Gasteiger partial charge in [0.05, 0.1) is 28.4 Å². The van der Waals surface area contributed by atoms with Crippen molar-refractivity contribution in [2.45, 2.75) is 33.4 Å². The van der Waals surface area contributed by atoms with Gasteiger partial charge in [-0.3, -0.25) is 4.79 Å². The van der Waals surface area contributed by atoms with Crippen LogP contribution in [0.15, 0.2) is 36.4 Å². The molecule has 1 heterocycles. The number of carbonyl (C=O) groups is 1. The first-order chi connectivity index (χ1) is 16.9. The molecule has 1 aromatic heterocycles. The average molecular weight is 484 g/mol. The van der Waals surface area contributed by atoms with Crippen LogP contribution in [0, 0.1) is 5.92 Å². The first-order valence-corrected chi connectivity index (χ1v) is 11.3. The van der Waals surface area contributed by atoms with Gasteiger partial charge in [0, 0.05) is 19.5 Å². The smallest absolute Gasteiger partial charge is 0.250 e. The zero-order chi connectivity index (χ0) is 25.4. The molecule has 3 rings (SSSR count). The predicted octanol–water partition coefficient (Wildman–Crippen LogP) is 4.22. The van der Waals surface area contributed by atoms with Gasteiger partial charge in [0.15, 0.2) is 23.0 Å². The summed E-state index contributed by atoms with van der Waals surface area (Å²) >= 11 is 0. The zero-order valence-corrected chi connectivity index (χ0v) is 21.0. The molecular weight excluding hydrogens is 450 g/mol. The molecule has 10 nitrogen and oxygen atoms in total. The maximum absolute atomic E-state index is 12.8. The van der Waals surface area contributed by atoms with Crippen LogP contribution in [0.3, 0.4) is 0 Å². The second-order valence-electron chi connectivity index (χ2n) is 8.25. The van der Waals surface area contributed by atoms with E-state index in [0.29, 0.717) is 54.4 Å². The molecule has 0 saturated carbocycles. The van der Waals surface area contributed by atoms with E-state index in [9.17, 15) is 4.79 Å². The number of rotatable bonds is 12. The van der Waals surface area contributed by atoms with E-state index in [1.165, 1.54) is 4.68 Å². The minimum Gasteiger partial charge on any atom is -0.493 e. The van der Waals surface area contributed by atoms with Crippen LogP contribution in [0.4, 0.5) is 11.9 Å². The second kappa shape index (κ2) is 12.0. The number of benzene rings is 2. The van der Waals surface area contributed by atoms with Gasteiger partial charge < -0.3 is 29.6 Å². The SMILES string of the molecule is COc1ccc(CNc2nc(NCc3ccc(OC)c(OC)c3)n(C(=O)CC(C)C)n2)cc1OC. The number of hydrogen-bond acceptors (Lipinski definition) is 9. The topological polar surface area (TPSA) is 109 Å². The lowest BCUT2D eigenvalue weighted by Crippen LogP contribution is -2.18. The summed E-state index contributed by atoms with van der Waals surface area (Å²) in [5.41, 5.74) is 1.89. The highest BCUT2D eigenvalue weighted by molar-refractivity contribution is 5.81. The molecule has 0 fully saturated rings. The van der Waals surface area contributed by atoms with Gasteiger partial charge >= 0.3 is 0 Å². The number of aromatic nitrogens is 3. The summed E-state index contributed by atoms with van der Waals surface area (Å²) in [6, 6.07) is 11.3. The molecule has 0 aliphatic carbocycles. The summed E-state index contributed by atoms with van der Waals surface area (Å²) in [5.74, 6) is 3.31. The molecule has 0 bridgehead atoms. The molecule has 35 heavy (non-hydrogen) atoms. The van der Waals surface area contributed by atoms with Crippen LogP contribution in [-0.2, 0) is 13.1 Å². The highest BCUT2D eigenvalue weighted by Crippen LogP contribution is 2.29. The minimum atomic E-state index is -0.138. The lowest BCUT2D eigenvalue weighted by Gasteiger charge is -2.11. The van der Waals surface area contributed by atoms with Crippen LogP contribution in [-0.4, -0.2) is 49.1 Å². The van der Waals surface area contributed by atoms with E-state index < -0.39 is 0 Å². The Hall–Kier alpha value is -3.95. The van der Waals surface area contributed by atoms with Crippen molar-refractivity contribution >= 4 is 17.8 Å². The van der Waals surface area contributed by atoms with Crippen molar-refractivity contribution < 1.29 is 23.7 Å². The lowest BCUT2D eigenvalue weighted by molar-refractivity contribution is 0.0873. The number of ether oxygens (including phenoxy) is 4. The average Bonchev–Trinajstić information content (AvgIpc) is 3.28. The van der Waals surface area contributed by atoms with Crippen molar-refractivity contribution in [3.63, 3.8) is 0 Å². The van der Waals surface area contributed by atoms with Gasteiger partial charge in [0.1, 0.15) is 0 Å². The molecule has 3 aromatic rings. The highest BCUT2D eigenvalue weighted by Gasteiger charge is 2.18. The summed E-state index contributed by atoms with van der Waals surface area (Å²) in [6.45, 7) is 4.84. The van der Waals surface area contributed by atoms with Crippen LogP contribution >= 0.6 is 0 Å². The summed E-state index contributed by atoms with van der Waals surface area (Å²) in [7, 11) is 6.37. The number of nitrogens with zero attached hydrogens (tertiary/aromatic N) is 3. The highest BCUT2D eigenvalue weighted by atomic mass is 16.5. The molecule has 0 aliphatic heterocycles.